The normalized spacial score (nSPS) is 23.6. The zero-order valence-electron chi connectivity index (χ0n) is 12.9. The third-order valence-corrected chi connectivity index (χ3v) is 5.48. The van der Waals surface area contributed by atoms with Gasteiger partial charge >= 0.3 is 5.97 Å². The third kappa shape index (κ3) is 3.81. The maximum atomic E-state index is 11.3. The molecule has 0 aliphatic heterocycles. The van der Waals surface area contributed by atoms with E-state index in [-0.39, 0.29) is 5.97 Å². The second-order valence-electron chi connectivity index (χ2n) is 6.84. The molecule has 1 heterocycles. The average molecular weight is 295 g/mol. The molecule has 2 rings (SSSR count). The van der Waals surface area contributed by atoms with Gasteiger partial charge in [-0.3, -0.25) is 4.79 Å². The molecule has 20 heavy (non-hydrogen) atoms. The van der Waals surface area contributed by atoms with Gasteiger partial charge in [0.25, 0.3) is 0 Å². The molecule has 0 amide bonds. The number of carbonyl (C=O) groups excluding carboxylic acids is 1. The lowest BCUT2D eigenvalue weighted by Gasteiger charge is -2.36. The van der Waals surface area contributed by atoms with E-state index in [0.717, 1.165) is 11.6 Å². The Morgan fingerprint density at radius 1 is 1.35 bits per heavy atom. The summed E-state index contributed by atoms with van der Waals surface area (Å²) in [4.78, 5) is 15.9. The first-order chi connectivity index (χ1) is 9.40. The van der Waals surface area contributed by atoms with E-state index < -0.39 is 0 Å². The Hall–Kier alpha value is -0.900. The Labute approximate surface area is 125 Å². The van der Waals surface area contributed by atoms with Crippen LogP contribution in [0.3, 0.4) is 0 Å². The smallest absolute Gasteiger partial charge is 0.311 e. The number of hydrogen-bond acceptors (Lipinski definition) is 4. The summed E-state index contributed by atoms with van der Waals surface area (Å²) >= 11 is 1.70. The Kier molecular flexibility index (Phi) is 4.84. The largest absolute Gasteiger partial charge is 0.469 e. The van der Waals surface area contributed by atoms with Gasteiger partial charge < -0.3 is 4.74 Å². The fourth-order valence-electron chi connectivity index (χ4n) is 3.02. The number of hydrogen-bond donors (Lipinski definition) is 0. The highest BCUT2D eigenvalue weighted by Gasteiger charge is 2.31. The zero-order chi connectivity index (χ0) is 14.8. The van der Waals surface area contributed by atoms with Gasteiger partial charge in [-0.2, -0.15) is 0 Å². The number of methoxy groups -OCH3 is 1. The van der Waals surface area contributed by atoms with E-state index in [1.54, 1.807) is 11.3 Å². The van der Waals surface area contributed by atoms with Gasteiger partial charge in [0.2, 0.25) is 0 Å². The minimum atomic E-state index is -0.210. The van der Waals surface area contributed by atoms with Crippen molar-refractivity contribution in [2.45, 2.75) is 58.8 Å². The highest BCUT2D eigenvalue weighted by atomic mass is 32.1. The molecule has 0 bridgehead atoms. The van der Waals surface area contributed by atoms with Crippen molar-refractivity contribution in [3.05, 3.63) is 16.1 Å². The summed E-state index contributed by atoms with van der Waals surface area (Å²) in [6.45, 7) is 7.03. The number of thiazole rings is 1. The fraction of sp³-hybridized carbons (Fsp3) is 0.750. The van der Waals surface area contributed by atoms with E-state index in [9.17, 15) is 4.79 Å². The monoisotopic (exact) mass is 295 g/mol. The molecule has 0 spiro atoms. The first-order valence-electron chi connectivity index (χ1n) is 7.41. The number of aromatic nitrogens is 1. The molecule has 3 nitrogen and oxygen atoms in total. The molecule has 1 aliphatic carbocycles. The summed E-state index contributed by atoms with van der Waals surface area (Å²) in [5.41, 5.74) is 1.28. The van der Waals surface area contributed by atoms with Gasteiger partial charge in [0.05, 0.1) is 24.2 Å². The first kappa shape index (κ1) is 15.5. The number of nitrogens with zero attached hydrogens (tertiary/aromatic N) is 1. The van der Waals surface area contributed by atoms with Gasteiger partial charge in [0.15, 0.2) is 0 Å². The molecule has 1 saturated carbocycles. The average Bonchev–Trinajstić information content (AvgIpc) is 2.86. The Morgan fingerprint density at radius 2 is 2.00 bits per heavy atom. The zero-order valence-corrected chi connectivity index (χ0v) is 13.8. The molecule has 0 N–H and O–H groups in total. The van der Waals surface area contributed by atoms with Crippen molar-refractivity contribution in [2.75, 3.05) is 7.11 Å². The van der Waals surface area contributed by atoms with Crippen molar-refractivity contribution >= 4 is 17.3 Å². The minimum Gasteiger partial charge on any atom is -0.469 e. The first-order valence-corrected chi connectivity index (χ1v) is 8.29. The molecule has 0 atom stereocenters. The molecule has 0 radical (unpaired) electrons. The maximum Gasteiger partial charge on any atom is 0.311 e. The standard InChI is InChI=1S/C16H25NO2S/c1-16(2,3)12-7-5-11(6-8-12)15-17-13(10-20-15)9-14(18)19-4/h10-12H,5-9H2,1-4H3. The number of esters is 1. The lowest BCUT2D eigenvalue weighted by Crippen LogP contribution is -2.25. The lowest BCUT2D eigenvalue weighted by molar-refractivity contribution is -0.139. The minimum absolute atomic E-state index is 0.210. The summed E-state index contributed by atoms with van der Waals surface area (Å²) in [6.07, 6.45) is 5.34. The van der Waals surface area contributed by atoms with Crippen LogP contribution >= 0.6 is 11.3 Å². The summed E-state index contributed by atoms with van der Waals surface area (Å²) < 4.78 is 4.69. The molecular formula is C16H25NO2S. The Bertz CT molecular complexity index is 453. The molecular weight excluding hydrogens is 270 g/mol. The van der Waals surface area contributed by atoms with Crippen LogP contribution in [0.1, 0.15) is 63.1 Å². The SMILES string of the molecule is COC(=O)Cc1csc(C2CCC(C(C)(C)C)CC2)n1. The van der Waals surface area contributed by atoms with Crippen LogP contribution in [0.2, 0.25) is 0 Å². The molecule has 0 saturated heterocycles. The maximum absolute atomic E-state index is 11.3. The van der Waals surface area contributed by atoms with Crippen molar-refractivity contribution in [1.82, 2.24) is 4.98 Å². The van der Waals surface area contributed by atoms with Crippen LogP contribution in [0, 0.1) is 11.3 Å². The summed E-state index contributed by atoms with van der Waals surface area (Å²) in [7, 11) is 1.42. The van der Waals surface area contributed by atoms with Gasteiger partial charge in [-0.25, -0.2) is 4.98 Å². The molecule has 0 unspecified atom stereocenters. The van der Waals surface area contributed by atoms with Crippen molar-refractivity contribution in [3.63, 3.8) is 0 Å². The van der Waals surface area contributed by atoms with Crippen LogP contribution in [-0.2, 0) is 16.0 Å². The highest BCUT2D eigenvalue weighted by molar-refractivity contribution is 7.09. The van der Waals surface area contributed by atoms with Crippen molar-refractivity contribution < 1.29 is 9.53 Å². The molecule has 1 aromatic rings. The van der Waals surface area contributed by atoms with Gasteiger partial charge in [-0.05, 0) is 37.0 Å². The van der Waals surface area contributed by atoms with E-state index in [0.29, 0.717) is 17.8 Å². The molecule has 1 fully saturated rings. The summed E-state index contributed by atoms with van der Waals surface area (Å²) in [6, 6.07) is 0. The van der Waals surface area contributed by atoms with Crippen molar-refractivity contribution in [2.24, 2.45) is 11.3 Å². The van der Waals surface area contributed by atoms with Crippen LogP contribution < -0.4 is 0 Å². The highest BCUT2D eigenvalue weighted by Crippen LogP contribution is 2.43. The van der Waals surface area contributed by atoms with Gasteiger partial charge in [-0.15, -0.1) is 11.3 Å². The van der Waals surface area contributed by atoms with Crippen LogP contribution in [-0.4, -0.2) is 18.1 Å². The number of carbonyl (C=O) groups is 1. The second kappa shape index (κ2) is 6.25. The molecule has 1 aromatic heterocycles. The second-order valence-corrected chi connectivity index (χ2v) is 7.73. The van der Waals surface area contributed by atoms with E-state index in [2.05, 4.69) is 30.5 Å². The van der Waals surface area contributed by atoms with E-state index >= 15 is 0 Å². The summed E-state index contributed by atoms with van der Waals surface area (Å²) in [5.74, 6) is 1.21. The Balaban J connectivity index is 1.92. The predicted molar refractivity (Wildman–Crippen MR) is 82.0 cm³/mol. The number of rotatable bonds is 3. The fourth-order valence-corrected chi connectivity index (χ4v) is 4.01. The van der Waals surface area contributed by atoms with E-state index in [1.165, 1.54) is 37.8 Å². The summed E-state index contributed by atoms with van der Waals surface area (Å²) in [5, 5.41) is 3.21. The number of ether oxygens (including phenoxy) is 1. The molecule has 4 heteroatoms. The van der Waals surface area contributed by atoms with Crippen molar-refractivity contribution in [1.29, 1.82) is 0 Å². The van der Waals surface area contributed by atoms with Crippen molar-refractivity contribution in [3.8, 4) is 0 Å². The molecule has 0 aromatic carbocycles. The van der Waals surface area contributed by atoms with E-state index in [4.69, 9.17) is 0 Å². The van der Waals surface area contributed by atoms with Gasteiger partial charge in [0, 0.05) is 11.3 Å². The quantitative estimate of drug-likeness (QED) is 0.785. The topological polar surface area (TPSA) is 39.2 Å². The van der Waals surface area contributed by atoms with Gasteiger partial charge in [0.1, 0.15) is 0 Å². The van der Waals surface area contributed by atoms with Crippen LogP contribution in [0.15, 0.2) is 5.38 Å². The predicted octanol–water partition coefficient (Wildman–Crippen LogP) is 4.18. The van der Waals surface area contributed by atoms with Gasteiger partial charge in [-0.1, -0.05) is 20.8 Å². The lowest BCUT2D eigenvalue weighted by atomic mass is 9.70. The van der Waals surface area contributed by atoms with Crippen LogP contribution in [0.4, 0.5) is 0 Å². The third-order valence-electron chi connectivity index (χ3n) is 4.42. The Morgan fingerprint density at radius 3 is 2.55 bits per heavy atom. The molecule has 1 aliphatic rings. The van der Waals surface area contributed by atoms with E-state index in [1.807, 2.05) is 5.38 Å². The van der Waals surface area contributed by atoms with Crippen LogP contribution in [0.5, 0.6) is 0 Å². The van der Waals surface area contributed by atoms with Crippen LogP contribution in [0.25, 0.3) is 0 Å². The molecule has 112 valence electrons.